The molecule has 0 spiro atoms. The van der Waals surface area contributed by atoms with E-state index in [1.807, 2.05) is 22.7 Å². The first-order chi connectivity index (χ1) is 9.81. The summed E-state index contributed by atoms with van der Waals surface area (Å²) in [5, 5.41) is 10.0. The van der Waals surface area contributed by atoms with Crippen LogP contribution < -0.4 is 11.1 Å². The van der Waals surface area contributed by atoms with Crippen LogP contribution in [0.25, 0.3) is 16.2 Å². The van der Waals surface area contributed by atoms with Crippen LogP contribution in [-0.4, -0.2) is 27.7 Å². The van der Waals surface area contributed by atoms with Crippen molar-refractivity contribution in [1.82, 2.24) is 14.6 Å². The van der Waals surface area contributed by atoms with E-state index < -0.39 is 0 Å². The minimum atomic E-state index is 0.588. The summed E-state index contributed by atoms with van der Waals surface area (Å²) in [6, 6.07) is 8.16. The van der Waals surface area contributed by atoms with Gasteiger partial charge in [-0.15, -0.1) is 11.3 Å². The van der Waals surface area contributed by atoms with E-state index in [0.717, 1.165) is 40.7 Å². The van der Waals surface area contributed by atoms with E-state index >= 15 is 0 Å². The molecule has 0 radical (unpaired) electrons. The summed E-state index contributed by atoms with van der Waals surface area (Å²) < 4.78 is 1.85. The van der Waals surface area contributed by atoms with Gasteiger partial charge in [-0.1, -0.05) is 13.0 Å². The highest BCUT2D eigenvalue weighted by Gasteiger charge is 2.10. The van der Waals surface area contributed by atoms with Gasteiger partial charge in [0.05, 0.1) is 4.88 Å². The van der Waals surface area contributed by atoms with Crippen molar-refractivity contribution in [2.45, 2.75) is 13.3 Å². The number of hydrogen-bond donors (Lipinski definition) is 2. The van der Waals surface area contributed by atoms with Gasteiger partial charge in [-0.3, -0.25) is 0 Å². The van der Waals surface area contributed by atoms with Gasteiger partial charge in [-0.25, -0.2) is 4.98 Å². The molecular weight excluding hydrogens is 270 g/mol. The maximum absolute atomic E-state index is 5.57. The average molecular weight is 287 g/mol. The Labute approximate surface area is 121 Å². The summed E-state index contributed by atoms with van der Waals surface area (Å²) in [5.74, 6) is 0.945. The molecule has 0 aliphatic carbocycles. The Hall–Kier alpha value is -1.92. The highest BCUT2D eigenvalue weighted by Crippen LogP contribution is 2.25. The number of hydrogen-bond acceptors (Lipinski definition) is 5. The van der Waals surface area contributed by atoms with E-state index in [1.165, 1.54) is 0 Å². The summed E-state index contributed by atoms with van der Waals surface area (Å²) in [6.45, 7) is 3.41. The first-order valence-electron chi connectivity index (χ1n) is 6.69. The zero-order valence-corrected chi connectivity index (χ0v) is 12.2. The molecule has 0 aromatic carbocycles. The Morgan fingerprint density at radius 2 is 2.30 bits per heavy atom. The molecule has 104 valence electrons. The van der Waals surface area contributed by atoms with E-state index in [-0.39, 0.29) is 0 Å². The minimum absolute atomic E-state index is 0.588. The molecule has 0 saturated carbocycles. The van der Waals surface area contributed by atoms with E-state index in [0.29, 0.717) is 6.54 Å². The number of anilines is 1. The van der Waals surface area contributed by atoms with Crippen LogP contribution in [0.3, 0.4) is 0 Å². The van der Waals surface area contributed by atoms with Crippen molar-refractivity contribution in [3.8, 4) is 10.6 Å². The first-order valence-corrected chi connectivity index (χ1v) is 7.57. The lowest BCUT2D eigenvalue weighted by atomic mass is 10.3. The standard InChI is InChI=1S/C14H17N5S/c1-2-10-8-13(16-6-5-15)19-14(17-10)9-11(18-19)12-4-3-7-20-12/h3-4,7-9,16H,2,5-6,15H2,1H3. The van der Waals surface area contributed by atoms with Gasteiger partial charge >= 0.3 is 0 Å². The molecule has 3 N–H and O–H groups in total. The van der Waals surface area contributed by atoms with Crippen molar-refractivity contribution in [3.05, 3.63) is 35.3 Å². The summed E-state index contributed by atoms with van der Waals surface area (Å²) in [6.07, 6.45) is 0.896. The Kier molecular flexibility index (Phi) is 3.66. The van der Waals surface area contributed by atoms with Crippen LogP contribution in [0.5, 0.6) is 0 Å². The van der Waals surface area contributed by atoms with Gasteiger partial charge in [0, 0.05) is 30.9 Å². The molecule has 3 aromatic heterocycles. The molecule has 5 nitrogen and oxygen atoms in total. The molecule has 0 unspecified atom stereocenters. The number of fused-ring (bicyclic) bond motifs is 1. The lowest BCUT2D eigenvalue weighted by molar-refractivity contribution is 0.899. The number of rotatable bonds is 5. The van der Waals surface area contributed by atoms with Crippen LogP contribution in [0.15, 0.2) is 29.6 Å². The quantitative estimate of drug-likeness (QED) is 0.756. The van der Waals surface area contributed by atoms with Crippen molar-refractivity contribution in [2.24, 2.45) is 5.73 Å². The smallest absolute Gasteiger partial charge is 0.158 e. The van der Waals surface area contributed by atoms with Gasteiger partial charge in [0.25, 0.3) is 0 Å². The molecule has 0 aliphatic heterocycles. The SMILES string of the molecule is CCc1cc(NCCN)n2nc(-c3cccs3)cc2n1. The second kappa shape index (κ2) is 5.60. The molecule has 20 heavy (non-hydrogen) atoms. The Morgan fingerprint density at radius 1 is 1.40 bits per heavy atom. The molecular formula is C14H17N5S. The predicted octanol–water partition coefficient (Wildman–Crippen LogP) is 2.39. The third-order valence-electron chi connectivity index (χ3n) is 3.07. The number of thiophene rings is 1. The van der Waals surface area contributed by atoms with Gasteiger partial charge in [0.1, 0.15) is 11.5 Å². The Balaban J connectivity index is 2.11. The van der Waals surface area contributed by atoms with Crippen LogP contribution in [0, 0.1) is 0 Å². The lowest BCUT2D eigenvalue weighted by Gasteiger charge is -2.08. The van der Waals surface area contributed by atoms with Gasteiger partial charge in [-0.05, 0) is 17.9 Å². The second-order valence-electron chi connectivity index (χ2n) is 4.48. The maximum Gasteiger partial charge on any atom is 0.158 e. The van der Waals surface area contributed by atoms with E-state index in [9.17, 15) is 0 Å². The molecule has 0 fully saturated rings. The fraction of sp³-hybridized carbons (Fsp3) is 0.286. The minimum Gasteiger partial charge on any atom is -0.369 e. The van der Waals surface area contributed by atoms with Crippen molar-refractivity contribution >= 4 is 22.8 Å². The summed E-state index contributed by atoms with van der Waals surface area (Å²) in [7, 11) is 0. The third-order valence-corrected chi connectivity index (χ3v) is 3.96. The van der Waals surface area contributed by atoms with E-state index in [4.69, 9.17) is 5.73 Å². The second-order valence-corrected chi connectivity index (χ2v) is 5.43. The summed E-state index contributed by atoms with van der Waals surface area (Å²) >= 11 is 1.68. The van der Waals surface area contributed by atoms with Gasteiger partial charge < -0.3 is 11.1 Å². The fourth-order valence-corrected chi connectivity index (χ4v) is 2.76. The molecule has 6 heteroatoms. The van der Waals surface area contributed by atoms with Gasteiger partial charge in [-0.2, -0.15) is 9.61 Å². The number of aromatic nitrogens is 3. The zero-order valence-electron chi connectivity index (χ0n) is 11.3. The van der Waals surface area contributed by atoms with Crippen molar-refractivity contribution in [3.63, 3.8) is 0 Å². The van der Waals surface area contributed by atoms with Gasteiger partial charge in [0.2, 0.25) is 0 Å². The highest BCUT2D eigenvalue weighted by molar-refractivity contribution is 7.13. The van der Waals surface area contributed by atoms with Crippen molar-refractivity contribution in [2.75, 3.05) is 18.4 Å². The molecule has 3 heterocycles. The monoisotopic (exact) mass is 287 g/mol. The molecule has 0 bridgehead atoms. The van der Waals surface area contributed by atoms with E-state index in [2.05, 4.69) is 33.8 Å². The summed E-state index contributed by atoms with van der Waals surface area (Å²) in [5.41, 5.74) is 8.44. The van der Waals surface area contributed by atoms with Gasteiger partial charge in [0.15, 0.2) is 5.65 Å². The van der Waals surface area contributed by atoms with Crippen LogP contribution >= 0.6 is 11.3 Å². The van der Waals surface area contributed by atoms with Crippen molar-refractivity contribution in [1.29, 1.82) is 0 Å². The average Bonchev–Trinajstić information content (AvgIpc) is 3.12. The topological polar surface area (TPSA) is 68.2 Å². The number of nitrogens with one attached hydrogen (secondary N) is 1. The largest absolute Gasteiger partial charge is 0.369 e. The van der Waals surface area contributed by atoms with E-state index in [1.54, 1.807) is 11.3 Å². The normalized spacial score (nSPS) is 11.1. The predicted molar refractivity (Wildman–Crippen MR) is 83.2 cm³/mol. The van der Waals surface area contributed by atoms with Crippen LogP contribution in [0.4, 0.5) is 5.82 Å². The molecule has 0 amide bonds. The fourth-order valence-electron chi connectivity index (χ4n) is 2.08. The molecule has 0 atom stereocenters. The van der Waals surface area contributed by atoms with Crippen LogP contribution in [0.1, 0.15) is 12.6 Å². The lowest BCUT2D eigenvalue weighted by Crippen LogP contribution is -2.16. The number of aryl methyl sites for hydroxylation is 1. The maximum atomic E-state index is 5.57. The van der Waals surface area contributed by atoms with Crippen LogP contribution in [0.2, 0.25) is 0 Å². The summed E-state index contributed by atoms with van der Waals surface area (Å²) in [4.78, 5) is 5.78. The first kappa shape index (κ1) is 13.1. The Morgan fingerprint density at radius 3 is 3.00 bits per heavy atom. The molecule has 3 rings (SSSR count). The number of nitrogens with zero attached hydrogens (tertiary/aromatic N) is 3. The number of nitrogens with two attached hydrogens (primary N) is 1. The zero-order chi connectivity index (χ0) is 13.9. The molecule has 0 aliphatic rings. The third kappa shape index (κ3) is 2.39. The highest BCUT2D eigenvalue weighted by atomic mass is 32.1. The molecule has 0 saturated heterocycles. The Bertz CT molecular complexity index is 702. The molecule has 3 aromatic rings. The van der Waals surface area contributed by atoms with Crippen molar-refractivity contribution < 1.29 is 0 Å². The van der Waals surface area contributed by atoms with Crippen LogP contribution in [-0.2, 0) is 6.42 Å².